The van der Waals surface area contributed by atoms with Crippen LogP contribution < -0.4 is 5.32 Å². The summed E-state index contributed by atoms with van der Waals surface area (Å²) in [4.78, 5) is 15.3. The molecule has 0 aliphatic heterocycles. The summed E-state index contributed by atoms with van der Waals surface area (Å²) >= 11 is 1.52. The summed E-state index contributed by atoms with van der Waals surface area (Å²) in [7, 11) is 0. The molecular formula is C7H10N2O2S. The smallest absolute Gasteiger partial charge is 0.305 e. The van der Waals surface area contributed by atoms with Crippen LogP contribution in [0.25, 0.3) is 0 Å². The van der Waals surface area contributed by atoms with Crippen LogP contribution in [0, 0.1) is 6.92 Å². The number of hydrogen-bond acceptors (Lipinski definition) is 4. The number of rotatable bonds is 4. The Labute approximate surface area is 74.3 Å². The lowest BCUT2D eigenvalue weighted by Crippen LogP contribution is -2.06. The number of aryl methyl sites for hydroxylation is 1. The summed E-state index contributed by atoms with van der Waals surface area (Å²) in [5, 5.41) is 12.0. The third kappa shape index (κ3) is 2.87. The molecule has 1 heterocycles. The van der Waals surface area contributed by atoms with Crippen LogP contribution in [0.2, 0.25) is 0 Å². The molecule has 0 aliphatic carbocycles. The largest absolute Gasteiger partial charge is 0.481 e. The first kappa shape index (κ1) is 8.99. The number of carboxylic acids is 1. The van der Waals surface area contributed by atoms with E-state index in [1.165, 1.54) is 11.3 Å². The maximum Gasteiger partial charge on any atom is 0.305 e. The van der Waals surface area contributed by atoms with Crippen molar-refractivity contribution >= 4 is 22.4 Å². The molecule has 0 bridgehead atoms. The number of aliphatic carboxylic acids is 1. The molecule has 0 saturated heterocycles. The highest BCUT2D eigenvalue weighted by molar-refractivity contribution is 7.15. The van der Waals surface area contributed by atoms with Gasteiger partial charge in [0, 0.05) is 17.6 Å². The van der Waals surface area contributed by atoms with E-state index in [0.29, 0.717) is 6.54 Å². The van der Waals surface area contributed by atoms with Crippen molar-refractivity contribution < 1.29 is 9.90 Å². The van der Waals surface area contributed by atoms with E-state index in [0.717, 1.165) is 10.0 Å². The van der Waals surface area contributed by atoms with Crippen molar-refractivity contribution in [3.63, 3.8) is 0 Å². The number of thiazole rings is 1. The number of carbonyl (C=O) groups is 1. The van der Waals surface area contributed by atoms with Gasteiger partial charge in [0.25, 0.3) is 0 Å². The van der Waals surface area contributed by atoms with Crippen LogP contribution in [0.15, 0.2) is 6.20 Å². The average Bonchev–Trinajstić information content (AvgIpc) is 2.35. The number of nitrogens with one attached hydrogen (secondary N) is 1. The molecule has 2 N–H and O–H groups in total. The molecule has 0 saturated carbocycles. The van der Waals surface area contributed by atoms with Crippen molar-refractivity contribution in [1.82, 2.24) is 4.98 Å². The lowest BCUT2D eigenvalue weighted by atomic mass is 10.4. The maximum atomic E-state index is 10.1. The van der Waals surface area contributed by atoms with E-state index < -0.39 is 5.97 Å². The van der Waals surface area contributed by atoms with E-state index >= 15 is 0 Å². The van der Waals surface area contributed by atoms with E-state index in [9.17, 15) is 4.79 Å². The molecule has 0 aromatic carbocycles. The minimum Gasteiger partial charge on any atom is -0.481 e. The number of carboxylic acid groups (broad SMARTS) is 1. The predicted molar refractivity (Wildman–Crippen MR) is 47.6 cm³/mol. The number of hydrogen-bond donors (Lipinski definition) is 2. The Bertz CT molecular complexity index is 272. The van der Waals surface area contributed by atoms with Gasteiger partial charge in [0.15, 0.2) is 5.13 Å². The van der Waals surface area contributed by atoms with Gasteiger partial charge in [0.1, 0.15) is 0 Å². The van der Waals surface area contributed by atoms with Gasteiger partial charge in [0.05, 0.1) is 6.42 Å². The van der Waals surface area contributed by atoms with E-state index in [2.05, 4.69) is 10.3 Å². The second kappa shape index (κ2) is 4.06. The summed E-state index contributed by atoms with van der Waals surface area (Å²) in [6.07, 6.45) is 1.88. The first-order valence-corrected chi connectivity index (χ1v) is 4.38. The van der Waals surface area contributed by atoms with Crippen LogP contribution in [-0.2, 0) is 4.79 Å². The van der Waals surface area contributed by atoms with Gasteiger partial charge in [0.2, 0.25) is 0 Å². The number of aromatic nitrogens is 1. The van der Waals surface area contributed by atoms with Crippen LogP contribution in [0.3, 0.4) is 0 Å². The lowest BCUT2D eigenvalue weighted by molar-refractivity contribution is -0.136. The second-order valence-corrected chi connectivity index (χ2v) is 3.58. The molecule has 5 heteroatoms. The van der Waals surface area contributed by atoms with Crippen LogP contribution in [0.5, 0.6) is 0 Å². The third-order valence-electron chi connectivity index (χ3n) is 1.24. The Hall–Kier alpha value is -1.10. The second-order valence-electron chi connectivity index (χ2n) is 2.35. The molecule has 12 heavy (non-hydrogen) atoms. The Morgan fingerprint density at radius 2 is 2.58 bits per heavy atom. The Morgan fingerprint density at radius 3 is 3.08 bits per heavy atom. The molecule has 0 spiro atoms. The minimum atomic E-state index is -0.796. The van der Waals surface area contributed by atoms with Crippen molar-refractivity contribution in [2.24, 2.45) is 0 Å². The molecule has 1 aromatic heterocycles. The first-order chi connectivity index (χ1) is 5.68. The molecule has 0 unspecified atom stereocenters. The van der Waals surface area contributed by atoms with Crippen LogP contribution >= 0.6 is 11.3 Å². The van der Waals surface area contributed by atoms with Gasteiger partial charge in [-0.05, 0) is 6.92 Å². The van der Waals surface area contributed by atoms with Crippen molar-refractivity contribution in [3.05, 3.63) is 11.1 Å². The normalized spacial score (nSPS) is 9.75. The van der Waals surface area contributed by atoms with E-state index in [1.54, 1.807) is 6.20 Å². The molecule has 1 rings (SSSR count). The van der Waals surface area contributed by atoms with Gasteiger partial charge in [-0.15, -0.1) is 11.3 Å². The molecule has 1 aromatic rings. The van der Waals surface area contributed by atoms with Gasteiger partial charge in [-0.1, -0.05) is 0 Å². The Morgan fingerprint density at radius 1 is 1.83 bits per heavy atom. The van der Waals surface area contributed by atoms with Crippen LogP contribution in [-0.4, -0.2) is 22.6 Å². The lowest BCUT2D eigenvalue weighted by Gasteiger charge is -1.97. The molecule has 4 nitrogen and oxygen atoms in total. The zero-order chi connectivity index (χ0) is 8.97. The Kier molecular flexibility index (Phi) is 3.04. The highest BCUT2D eigenvalue weighted by Crippen LogP contribution is 2.15. The molecule has 0 amide bonds. The SMILES string of the molecule is Cc1cnc(NCCC(=O)O)s1. The van der Waals surface area contributed by atoms with Crippen molar-refractivity contribution in [2.45, 2.75) is 13.3 Å². The zero-order valence-corrected chi connectivity index (χ0v) is 7.52. The summed E-state index contributed by atoms with van der Waals surface area (Å²) < 4.78 is 0. The fraction of sp³-hybridized carbons (Fsp3) is 0.429. The van der Waals surface area contributed by atoms with Gasteiger partial charge >= 0.3 is 5.97 Å². The molecule has 0 aliphatic rings. The van der Waals surface area contributed by atoms with Crippen molar-refractivity contribution in [1.29, 1.82) is 0 Å². The molecular weight excluding hydrogens is 176 g/mol. The maximum absolute atomic E-state index is 10.1. The third-order valence-corrected chi connectivity index (χ3v) is 2.11. The van der Waals surface area contributed by atoms with Crippen molar-refractivity contribution in [3.8, 4) is 0 Å². The van der Waals surface area contributed by atoms with Gasteiger partial charge in [-0.25, -0.2) is 4.98 Å². The molecule has 0 atom stereocenters. The quantitative estimate of drug-likeness (QED) is 0.744. The zero-order valence-electron chi connectivity index (χ0n) is 6.70. The Balaban J connectivity index is 2.29. The van der Waals surface area contributed by atoms with E-state index in [1.807, 2.05) is 6.92 Å². The average molecular weight is 186 g/mol. The predicted octanol–water partition coefficient (Wildman–Crippen LogP) is 1.34. The highest BCUT2D eigenvalue weighted by atomic mass is 32.1. The van der Waals surface area contributed by atoms with E-state index in [-0.39, 0.29) is 6.42 Å². The van der Waals surface area contributed by atoms with Crippen LogP contribution in [0.1, 0.15) is 11.3 Å². The number of nitrogens with zero attached hydrogens (tertiary/aromatic N) is 1. The summed E-state index contributed by atoms with van der Waals surface area (Å²) in [6, 6.07) is 0. The first-order valence-electron chi connectivity index (χ1n) is 3.56. The van der Waals surface area contributed by atoms with Crippen molar-refractivity contribution in [2.75, 3.05) is 11.9 Å². The molecule has 66 valence electrons. The summed E-state index contributed by atoms with van der Waals surface area (Å²) in [6.45, 7) is 2.39. The standard InChI is InChI=1S/C7H10N2O2S/c1-5-4-9-7(12-5)8-3-2-6(10)11/h4H,2-3H2,1H3,(H,8,9)(H,10,11). The molecule has 0 radical (unpaired) electrons. The highest BCUT2D eigenvalue weighted by Gasteiger charge is 1.99. The molecule has 0 fully saturated rings. The fourth-order valence-corrected chi connectivity index (χ4v) is 1.40. The van der Waals surface area contributed by atoms with Gasteiger partial charge < -0.3 is 10.4 Å². The summed E-state index contributed by atoms with van der Waals surface area (Å²) in [5.74, 6) is -0.796. The topological polar surface area (TPSA) is 62.2 Å². The van der Waals surface area contributed by atoms with Crippen LogP contribution in [0.4, 0.5) is 5.13 Å². The fourth-order valence-electron chi connectivity index (χ4n) is 0.713. The summed E-state index contributed by atoms with van der Waals surface area (Å²) in [5.41, 5.74) is 0. The van der Waals surface area contributed by atoms with E-state index in [4.69, 9.17) is 5.11 Å². The monoisotopic (exact) mass is 186 g/mol. The number of anilines is 1. The minimum absolute atomic E-state index is 0.124. The van der Waals surface area contributed by atoms with Gasteiger partial charge in [-0.2, -0.15) is 0 Å². The van der Waals surface area contributed by atoms with Gasteiger partial charge in [-0.3, -0.25) is 4.79 Å².